The van der Waals surface area contributed by atoms with Crippen molar-refractivity contribution in [1.29, 1.82) is 0 Å². The molecule has 21 heavy (non-hydrogen) atoms. The minimum absolute atomic E-state index is 0.177. The first kappa shape index (κ1) is 16.1. The monoisotopic (exact) mass is 296 g/mol. The topological polar surface area (TPSA) is 69.6 Å². The first-order valence-corrected chi connectivity index (χ1v) is 8.41. The Morgan fingerprint density at radius 3 is 1.76 bits per heavy atom. The SMILES string of the molecule is CC(NC(=O)N(C1CCCCC1)C1CCCCC1)C(=O)O. The van der Waals surface area contributed by atoms with Crippen LogP contribution in [-0.4, -0.2) is 40.1 Å². The second-order valence-corrected chi connectivity index (χ2v) is 6.50. The number of hydrogen-bond acceptors (Lipinski definition) is 2. The number of urea groups is 1. The standard InChI is InChI=1S/C16H28N2O3/c1-12(15(19)20)17-16(21)18(13-8-4-2-5-9-13)14-10-6-3-7-11-14/h12-14H,2-11H2,1H3,(H,17,21)(H,19,20). The number of amides is 2. The van der Waals surface area contributed by atoms with Crippen molar-refractivity contribution in [2.24, 2.45) is 0 Å². The van der Waals surface area contributed by atoms with Crippen molar-refractivity contribution in [3.63, 3.8) is 0 Å². The van der Waals surface area contributed by atoms with Gasteiger partial charge in [-0.05, 0) is 32.6 Å². The van der Waals surface area contributed by atoms with E-state index in [1.807, 2.05) is 4.90 Å². The van der Waals surface area contributed by atoms with Crippen LogP contribution < -0.4 is 5.32 Å². The van der Waals surface area contributed by atoms with E-state index in [-0.39, 0.29) is 6.03 Å². The van der Waals surface area contributed by atoms with Gasteiger partial charge in [-0.1, -0.05) is 38.5 Å². The first-order valence-electron chi connectivity index (χ1n) is 8.41. The second-order valence-electron chi connectivity index (χ2n) is 6.50. The Morgan fingerprint density at radius 2 is 1.38 bits per heavy atom. The Morgan fingerprint density at radius 1 is 0.952 bits per heavy atom. The highest BCUT2D eigenvalue weighted by molar-refractivity contribution is 5.82. The number of nitrogens with one attached hydrogen (secondary N) is 1. The molecule has 0 bridgehead atoms. The molecule has 2 saturated carbocycles. The van der Waals surface area contributed by atoms with Gasteiger partial charge in [0.15, 0.2) is 0 Å². The summed E-state index contributed by atoms with van der Waals surface area (Å²) in [5.74, 6) is -0.976. The van der Waals surface area contributed by atoms with Crippen molar-refractivity contribution >= 4 is 12.0 Å². The lowest BCUT2D eigenvalue weighted by Gasteiger charge is -2.41. The van der Waals surface area contributed by atoms with Crippen molar-refractivity contribution in [1.82, 2.24) is 10.2 Å². The molecular weight excluding hydrogens is 268 g/mol. The van der Waals surface area contributed by atoms with E-state index in [0.717, 1.165) is 25.7 Å². The molecule has 5 heteroatoms. The van der Waals surface area contributed by atoms with Crippen LogP contribution in [0.25, 0.3) is 0 Å². The van der Waals surface area contributed by atoms with Gasteiger partial charge in [0, 0.05) is 12.1 Å². The third kappa shape index (κ3) is 4.35. The van der Waals surface area contributed by atoms with Crippen LogP contribution >= 0.6 is 0 Å². The first-order chi connectivity index (χ1) is 10.1. The number of nitrogens with zero attached hydrogens (tertiary/aromatic N) is 1. The summed E-state index contributed by atoms with van der Waals surface area (Å²) < 4.78 is 0. The van der Waals surface area contributed by atoms with Crippen LogP contribution in [-0.2, 0) is 4.79 Å². The predicted octanol–water partition coefficient (Wildman–Crippen LogP) is 3.14. The number of carboxylic acid groups (broad SMARTS) is 1. The van der Waals surface area contributed by atoms with Crippen LogP contribution in [0.3, 0.4) is 0 Å². The highest BCUT2D eigenvalue weighted by atomic mass is 16.4. The molecule has 2 amide bonds. The Kier molecular flexibility index (Phi) is 5.88. The maximum Gasteiger partial charge on any atom is 0.325 e. The minimum atomic E-state index is -0.976. The normalized spacial score (nSPS) is 22.5. The molecule has 2 N–H and O–H groups in total. The highest BCUT2D eigenvalue weighted by Crippen LogP contribution is 2.30. The zero-order chi connectivity index (χ0) is 15.2. The fourth-order valence-electron chi connectivity index (χ4n) is 3.67. The molecule has 0 heterocycles. The summed E-state index contributed by atoms with van der Waals surface area (Å²) in [6.45, 7) is 1.53. The molecule has 2 aliphatic rings. The number of carbonyl (C=O) groups is 2. The molecule has 0 radical (unpaired) electrons. The molecule has 0 aromatic heterocycles. The van der Waals surface area contributed by atoms with E-state index in [2.05, 4.69) is 5.32 Å². The van der Waals surface area contributed by atoms with Crippen LogP contribution in [0, 0.1) is 0 Å². The van der Waals surface area contributed by atoms with E-state index in [9.17, 15) is 9.59 Å². The molecule has 120 valence electrons. The molecule has 0 aromatic rings. The van der Waals surface area contributed by atoms with Gasteiger partial charge < -0.3 is 15.3 Å². The maximum absolute atomic E-state index is 12.6. The Labute approximate surface area is 127 Å². The third-order valence-corrected chi connectivity index (χ3v) is 4.88. The lowest BCUT2D eigenvalue weighted by atomic mass is 9.89. The van der Waals surface area contributed by atoms with Gasteiger partial charge in [0.25, 0.3) is 0 Å². The van der Waals surface area contributed by atoms with Crippen LogP contribution in [0.2, 0.25) is 0 Å². The van der Waals surface area contributed by atoms with E-state index in [0.29, 0.717) is 12.1 Å². The molecule has 0 aromatic carbocycles. The molecule has 1 atom stereocenters. The summed E-state index contributed by atoms with van der Waals surface area (Å²) in [5.41, 5.74) is 0. The zero-order valence-electron chi connectivity index (χ0n) is 13.0. The van der Waals surface area contributed by atoms with Gasteiger partial charge in [0.1, 0.15) is 6.04 Å². The van der Waals surface area contributed by atoms with Gasteiger partial charge in [-0.25, -0.2) is 4.79 Å². The second kappa shape index (κ2) is 7.66. The van der Waals surface area contributed by atoms with Crippen LogP contribution in [0.4, 0.5) is 4.79 Å². The number of rotatable bonds is 4. The summed E-state index contributed by atoms with van der Waals surface area (Å²) >= 11 is 0. The number of carboxylic acids is 1. The largest absolute Gasteiger partial charge is 0.480 e. The van der Waals surface area contributed by atoms with Gasteiger partial charge >= 0.3 is 12.0 Å². The number of hydrogen-bond donors (Lipinski definition) is 2. The molecule has 5 nitrogen and oxygen atoms in total. The molecule has 2 aliphatic carbocycles. The molecule has 2 fully saturated rings. The Hall–Kier alpha value is -1.26. The van der Waals surface area contributed by atoms with Gasteiger partial charge in [0.05, 0.1) is 0 Å². The Balaban J connectivity index is 2.05. The zero-order valence-corrected chi connectivity index (χ0v) is 13.0. The van der Waals surface area contributed by atoms with Gasteiger partial charge in [-0.3, -0.25) is 4.79 Å². The predicted molar refractivity (Wildman–Crippen MR) is 81.2 cm³/mol. The summed E-state index contributed by atoms with van der Waals surface area (Å²) in [5, 5.41) is 11.7. The van der Waals surface area contributed by atoms with E-state index < -0.39 is 12.0 Å². The van der Waals surface area contributed by atoms with Crippen LogP contribution in [0.5, 0.6) is 0 Å². The minimum Gasteiger partial charge on any atom is -0.480 e. The molecule has 0 spiro atoms. The summed E-state index contributed by atoms with van der Waals surface area (Å²) in [6.07, 6.45) is 11.5. The summed E-state index contributed by atoms with van der Waals surface area (Å²) in [7, 11) is 0. The quantitative estimate of drug-likeness (QED) is 0.837. The average Bonchev–Trinajstić information content (AvgIpc) is 2.49. The fourth-order valence-corrected chi connectivity index (χ4v) is 3.67. The number of aliphatic carboxylic acids is 1. The molecule has 0 saturated heterocycles. The van der Waals surface area contributed by atoms with E-state index >= 15 is 0 Å². The molecule has 0 aliphatic heterocycles. The lowest BCUT2D eigenvalue weighted by Crippen LogP contribution is -2.55. The van der Waals surface area contributed by atoms with Crippen molar-refractivity contribution < 1.29 is 14.7 Å². The summed E-state index contributed by atoms with van der Waals surface area (Å²) in [6, 6.07) is -0.415. The van der Waals surface area contributed by atoms with Crippen molar-refractivity contribution in [3.05, 3.63) is 0 Å². The van der Waals surface area contributed by atoms with E-state index in [1.165, 1.54) is 45.4 Å². The third-order valence-electron chi connectivity index (χ3n) is 4.88. The van der Waals surface area contributed by atoms with Crippen molar-refractivity contribution in [3.8, 4) is 0 Å². The van der Waals surface area contributed by atoms with E-state index in [1.54, 1.807) is 0 Å². The van der Waals surface area contributed by atoms with Gasteiger partial charge in [-0.15, -0.1) is 0 Å². The van der Waals surface area contributed by atoms with Crippen molar-refractivity contribution in [2.45, 2.75) is 89.3 Å². The maximum atomic E-state index is 12.6. The molecule has 2 rings (SSSR count). The molecular formula is C16H28N2O3. The van der Waals surface area contributed by atoms with Crippen LogP contribution in [0.1, 0.15) is 71.1 Å². The van der Waals surface area contributed by atoms with Gasteiger partial charge in [0.2, 0.25) is 0 Å². The highest BCUT2D eigenvalue weighted by Gasteiger charge is 2.33. The van der Waals surface area contributed by atoms with Crippen molar-refractivity contribution in [2.75, 3.05) is 0 Å². The number of carbonyl (C=O) groups excluding carboxylic acids is 1. The van der Waals surface area contributed by atoms with Crippen LogP contribution in [0.15, 0.2) is 0 Å². The smallest absolute Gasteiger partial charge is 0.325 e. The molecule has 1 unspecified atom stereocenters. The van der Waals surface area contributed by atoms with E-state index in [4.69, 9.17) is 5.11 Å². The lowest BCUT2D eigenvalue weighted by molar-refractivity contribution is -0.138. The summed E-state index contributed by atoms with van der Waals surface area (Å²) in [4.78, 5) is 25.6. The fraction of sp³-hybridized carbons (Fsp3) is 0.875. The Bertz CT molecular complexity index is 343. The van der Waals surface area contributed by atoms with Gasteiger partial charge in [-0.2, -0.15) is 0 Å². The average molecular weight is 296 g/mol.